The molecule has 0 saturated heterocycles. The number of hydrogen-bond acceptors (Lipinski definition) is 9. The number of phosphoric acid groups is 1. The molecule has 3 N–H and O–H groups in total. The van der Waals surface area contributed by atoms with Gasteiger partial charge in [-0.1, -0.05) is 132 Å². The average molecular weight is 795 g/mol. The van der Waals surface area contributed by atoms with Crippen molar-refractivity contribution >= 4 is 19.8 Å². The maximum Gasteiger partial charge on any atom is 0.472 e. The molecule has 0 heterocycles. The molecule has 0 fully saturated rings. The molecule has 0 radical (unpaired) electrons. The van der Waals surface area contributed by atoms with Crippen molar-refractivity contribution in [2.75, 3.05) is 26.4 Å². The van der Waals surface area contributed by atoms with Crippen molar-refractivity contribution in [2.24, 2.45) is 0 Å². The molecule has 0 aromatic carbocycles. The molecule has 0 bridgehead atoms. The Hall–Kier alpha value is -2.59. The fourth-order valence-electron chi connectivity index (χ4n) is 5.13. The Morgan fingerprint density at radius 1 is 0.564 bits per heavy atom. The summed E-state index contributed by atoms with van der Waals surface area (Å²) in [7, 11) is -4.63. The second kappa shape index (κ2) is 39.6. The van der Waals surface area contributed by atoms with Gasteiger partial charge in [-0.15, -0.1) is 0 Å². The molecule has 0 saturated carbocycles. The SMILES string of the molecule is CCC=CCC=CCC=CCCCCCCCC(=O)OCC(COP(=O)(O)OCC(O)CO)OC(=O)CCCCCCC=CCC=CCC=CCCCCC. The molecule has 10 nitrogen and oxygen atoms in total. The fraction of sp³-hybridized carbons (Fsp3) is 0.682. The quantitative estimate of drug-likeness (QED) is 0.0239. The van der Waals surface area contributed by atoms with Crippen LogP contribution in [0.25, 0.3) is 0 Å². The lowest BCUT2D eigenvalue weighted by molar-refractivity contribution is -0.161. The van der Waals surface area contributed by atoms with Crippen molar-refractivity contribution in [2.45, 2.75) is 167 Å². The highest BCUT2D eigenvalue weighted by Crippen LogP contribution is 2.43. The summed E-state index contributed by atoms with van der Waals surface area (Å²) >= 11 is 0. The first-order chi connectivity index (χ1) is 26.7. The zero-order valence-electron chi connectivity index (χ0n) is 34.1. The van der Waals surface area contributed by atoms with E-state index >= 15 is 0 Å². The van der Waals surface area contributed by atoms with Gasteiger partial charge in [0, 0.05) is 12.8 Å². The Labute approximate surface area is 333 Å². The van der Waals surface area contributed by atoms with E-state index in [1.807, 2.05) is 0 Å². The number of unbranched alkanes of at least 4 members (excludes halogenated alkanes) is 12. The van der Waals surface area contributed by atoms with Crippen LogP contribution in [0.5, 0.6) is 0 Å². The summed E-state index contributed by atoms with van der Waals surface area (Å²) < 4.78 is 32.6. The Kier molecular flexibility index (Phi) is 37.8. The average Bonchev–Trinajstić information content (AvgIpc) is 3.17. The summed E-state index contributed by atoms with van der Waals surface area (Å²) in [6.07, 6.45) is 44.3. The van der Waals surface area contributed by atoms with E-state index < -0.39 is 51.8 Å². The first-order valence-electron chi connectivity index (χ1n) is 20.9. The molecule has 0 aromatic rings. The summed E-state index contributed by atoms with van der Waals surface area (Å²) in [5.74, 6) is -0.977. The van der Waals surface area contributed by atoms with E-state index in [0.29, 0.717) is 12.8 Å². The van der Waals surface area contributed by atoms with Gasteiger partial charge < -0.3 is 24.6 Å². The molecule has 55 heavy (non-hydrogen) atoms. The smallest absolute Gasteiger partial charge is 0.462 e. The highest BCUT2D eigenvalue weighted by Gasteiger charge is 2.27. The number of aliphatic hydroxyl groups is 2. The predicted molar refractivity (Wildman–Crippen MR) is 223 cm³/mol. The van der Waals surface area contributed by atoms with E-state index in [-0.39, 0.29) is 19.4 Å². The van der Waals surface area contributed by atoms with Crippen molar-refractivity contribution in [3.63, 3.8) is 0 Å². The number of carbonyl (C=O) groups excluding carboxylic acids is 2. The van der Waals surface area contributed by atoms with Crippen LogP contribution in [0, 0.1) is 0 Å². The summed E-state index contributed by atoms with van der Waals surface area (Å²) in [6, 6.07) is 0. The van der Waals surface area contributed by atoms with Crippen molar-refractivity contribution < 1.29 is 47.8 Å². The molecule has 0 spiro atoms. The van der Waals surface area contributed by atoms with Crippen molar-refractivity contribution in [3.05, 3.63) is 72.9 Å². The molecule has 316 valence electrons. The molecule has 3 unspecified atom stereocenters. The van der Waals surface area contributed by atoms with Crippen molar-refractivity contribution in [1.29, 1.82) is 0 Å². The lowest BCUT2D eigenvalue weighted by Crippen LogP contribution is -2.29. The standard InChI is InChI=1S/C44H75O10P/c1-3-5-7-9-11-13-15-17-19-20-22-24-26-28-30-32-34-36-44(48)54-42(40-53-55(49,50)52-38-41(46)37-45)39-51-43(47)35-33-31-29-27-25-23-21-18-16-14-12-10-8-6-4-2/h6,8,11-14,17-19,21-22,24,41-42,45-46H,3-5,7,9-10,15-16,20,23,25-40H2,1-2H3,(H,49,50). The third kappa shape index (κ3) is 39.4. The van der Waals surface area contributed by atoms with E-state index in [0.717, 1.165) is 96.3 Å². The topological polar surface area (TPSA) is 149 Å². The van der Waals surface area contributed by atoms with Crippen LogP contribution in [0.1, 0.15) is 155 Å². The summed E-state index contributed by atoms with van der Waals surface area (Å²) in [5.41, 5.74) is 0. The molecule has 0 rings (SSSR count). The molecule has 0 aliphatic heterocycles. The van der Waals surface area contributed by atoms with Crippen LogP contribution in [-0.2, 0) is 32.7 Å². The lowest BCUT2D eigenvalue weighted by Gasteiger charge is -2.20. The van der Waals surface area contributed by atoms with Gasteiger partial charge in [-0.2, -0.15) is 0 Å². The number of hydrogen-bond donors (Lipinski definition) is 3. The molecule has 3 atom stereocenters. The fourth-order valence-corrected chi connectivity index (χ4v) is 5.92. The normalized spacial score (nSPS) is 14.6. The highest BCUT2D eigenvalue weighted by atomic mass is 31.2. The van der Waals surface area contributed by atoms with Crippen LogP contribution in [-0.4, -0.2) is 65.7 Å². The maximum atomic E-state index is 12.6. The molecule has 0 aliphatic carbocycles. The van der Waals surface area contributed by atoms with Crippen LogP contribution in [0.15, 0.2) is 72.9 Å². The number of ether oxygens (including phenoxy) is 2. The number of esters is 2. The minimum Gasteiger partial charge on any atom is -0.462 e. The number of allylic oxidation sites excluding steroid dienone is 12. The van der Waals surface area contributed by atoms with E-state index in [1.54, 1.807) is 0 Å². The zero-order valence-corrected chi connectivity index (χ0v) is 35.0. The van der Waals surface area contributed by atoms with Gasteiger partial charge >= 0.3 is 19.8 Å². The largest absolute Gasteiger partial charge is 0.472 e. The second-order valence-electron chi connectivity index (χ2n) is 13.6. The van der Waals surface area contributed by atoms with Gasteiger partial charge in [0.05, 0.1) is 19.8 Å². The Morgan fingerprint density at radius 3 is 1.51 bits per heavy atom. The molecule has 0 aromatic heterocycles. The number of carbonyl (C=O) groups is 2. The lowest BCUT2D eigenvalue weighted by atomic mass is 10.1. The Morgan fingerprint density at radius 2 is 1.00 bits per heavy atom. The van der Waals surface area contributed by atoms with Crippen LogP contribution >= 0.6 is 7.82 Å². The van der Waals surface area contributed by atoms with Crippen LogP contribution < -0.4 is 0 Å². The number of rotatable bonds is 38. The van der Waals surface area contributed by atoms with Crippen LogP contribution in [0.2, 0.25) is 0 Å². The molecule has 0 amide bonds. The summed E-state index contributed by atoms with van der Waals surface area (Å²) in [5, 5.41) is 18.3. The van der Waals surface area contributed by atoms with Gasteiger partial charge in [0.1, 0.15) is 12.7 Å². The van der Waals surface area contributed by atoms with E-state index in [1.165, 1.54) is 19.3 Å². The van der Waals surface area contributed by atoms with Gasteiger partial charge in [0.2, 0.25) is 0 Å². The third-order valence-corrected chi connectivity index (χ3v) is 9.30. The monoisotopic (exact) mass is 795 g/mol. The Balaban J connectivity index is 4.41. The molecular weight excluding hydrogens is 719 g/mol. The molecular formula is C44H75O10P. The minimum absolute atomic E-state index is 0.151. The second-order valence-corrected chi connectivity index (χ2v) is 15.1. The van der Waals surface area contributed by atoms with E-state index in [4.69, 9.17) is 19.1 Å². The van der Waals surface area contributed by atoms with Gasteiger partial charge in [-0.05, 0) is 83.5 Å². The summed E-state index contributed by atoms with van der Waals surface area (Å²) in [4.78, 5) is 34.9. The van der Waals surface area contributed by atoms with E-state index in [2.05, 4.69) is 91.3 Å². The Bertz CT molecular complexity index is 1140. The zero-order chi connectivity index (χ0) is 40.5. The predicted octanol–water partition coefficient (Wildman–Crippen LogP) is 10.9. The third-order valence-electron chi connectivity index (χ3n) is 8.34. The van der Waals surface area contributed by atoms with Gasteiger partial charge in [-0.25, -0.2) is 4.57 Å². The van der Waals surface area contributed by atoms with Gasteiger partial charge in [0.15, 0.2) is 6.10 Å². The van der Waals surface area contributed by atoms with Crippen LogP contribution in [0.4, 0.5) is 0 Å². The first-order valence-corrected chi connectivity index (χ1v) is 22.4. The maximum absolute atomic E-state index is 12.6. The minimum atomic E-state index is -4.63. The van der Waals surface area contributed by atoms with Gasteiger partial charge in [-0.3, -0.25) is 18.6 Å². The highest BCUT2D eigenvalue weighted by molar-refractivity contribution is 7.47. The van der Waals surface area contributed by atoms with Crippen molar-refractivity contribution in [3.8, 4) is 0 Å². The van der Waals surface area contributed by atoms with Crippen molar-refractivity contribution in [1.82, 2.24) is 0 Å². The first kappa shape index (κ1) is 52.4. The van der Waals surface area contributed by atoms with Gasteiger partial charge in [0.25, 0.3) is 0 Å². The molecule has 11 heteroatoms. The number of aliphatic hydroxyl groups excluding tert-OH is 2. The van der Waals surface area contributed by atoms with Crippen LogP contribution in [0.3, 0.4) is 0 Å². The molecule has 0 aliphatic rings. The number of phosphoric ester groups is 1. The summed E-state index contributed by atoms with van der Waals surface area (Å²) in [6.45, 7) is 2.17. The van der Waals surface area contributed by atoms with E-state index in [9.17, 15) is 24.2 Å².